The molecule has 0 radical (unpaired) electrons. The Hall–Kier alpha value is -0.690. The van der Waals surface area contributed by atoms with Crippen molar-refractivity contribution in [1.29, 1.82) is 0 Å². The highest BCUT2D eigenvalue weighted by atomic mass is 16.7. The molecule has 0 aromatic carbocycles. The van der Waals surface area contributed by atoms with E-state index in [-0.39, 0.29) is 38.0 Å². The first-order valence-corrected chi connectivity index (χ1v) is 8.13. The summed E-state index contributed by atoms with van der Waals surface area (Å²) < 4.78 is 22.1. The van der Waals surface area contributed by atoms with Crippen molar-refractivity contribution in [3.63, 3.8) is 0 Å². The van der Waals surface area contributed by atoms with Crippen LogP contribution in [0.3, 0.4) is 0 Å². The number of hydrogen-bond donors (Lipinski definition) is 1. The van der Waals surface area contributed by atoms with Gasteiger partial charge in [0.1, 0.15) is 13.6 Å². The molecular weight excluding hydrogens is 288 g/mol. The summed E-state index contributed by atoms with van der Waals surface area (Å²) in [7, 11) is 0. The number of ether oxygens (including phenoxy) is 4. The van der Waals surface area contributed by atoms with Gasteiger partial charge in [-0.2, -0.15) is 0 Å². The van der Waals surface area contributed by atoms with Crippen LogP contribution in [0.4, 0.5) is 0 Å². The van der Waals surface area contributed by atoms with E-state index in [0.29, 0.717) is 12.8 Å². The van der Waals surface area contributed by atoms with Gasteiger partial charge in [-0.05, 0) is 46.5 Å². The Labute approximate surface area is 133 Å². The third kappa shape index (κ3) is 7.05. The van der Waals surface area contributed by atoms with Crippen molar-refractivity contribution in [3.05, 3.63) is 0 Å². The minimum atomic E-state index is -0.841. The van der Waals surface area contributed by atoms with Crippen LogP contribution < -0.4 is 0 Å². The second kappa shape index (κ2) is 10.2. The van der Waals surface area contributed by atoms with E-state index in [1.807, 2.05) is 27.7 Å². The third-order valence-corrected chi connectivity index (χ3v) is 3.97. The predicted octanol–water partition coefficient (Wildman–Crippen LogP) is 2.80. The van der Waals surface area contributed by atoms with Crippen molar-refractivity contribution in [2.45, 2.75) is 77.8 Å². The zero-order valence-corrected chi connectivity index (χ0v) is 14.1. The lowest BCUT2D eigenvalue weighted by molar-refractivity contribution is -0.178. The zero-order chi connectivity index (χ0) is 16.5. The summed E-state index contributed by atoms with van der Waals surface area (Å²) in [6, 6.07) is 0. The standard InChI is InChI=1S/C16H30O6/c1-5-12(4)20-10-22-15-7-6-13(8-14(15)16(17)18)21-9-19-11(2)3/h11-15H,5-10H2,1-4H3,(H,17,18). The van der Waals surface area contributed by atoms with E-state index < -0.39 is 11.9 Å². The van der Waals surface area contributed by atoms with Gasteiger partial charge in [-0.25, -0.2) is 0 Å². The Balaban J connectivity index is 2.38. The lowest BCUT2D eigenvalue weighted by Gasteiger charge is -2.33. The first kappa shape index (κ1) is 19.4. The Morgan fingerprint density at radius 2 is 1.82 bits per heavy atom. The molecule has 6 heteroatoms. The van der Waals surface area contributed by atoms with Gasteiger partial charge in [-0.3, -0.25) is 4.79 Å². The first-order chi connectivity index (χ1) is 10.4. The predicted molar refractivity (Wildman–Crippen MR) is 81.5 cm³/mol. The lowest BCUT2D eigenvalue weighted by atomic mass is 9.84. The SMILES string of the molecule is CCC(C)OCOC1CCC(OCOC(C)C)CC1C(=O)O. The average molecular weight is 318 g/mol. The van der Waals surface area contributed by atoms with E-state index >= 15 is 0 Å². The Bertz CT molecular complexity index is 320. The van der Waals surface area contributed by atoms with Gasteiger partial charge < -0.3 is 24.1 Å². The first-order valence-electron chi connectivity index (χ1n) is 8.13. The van der Waals surface area contributed by atoms with E-state index in [1.54, 1.807) is 0 Å². The lowest BCUT2D eigenvalue weighted by Crippen LogP contribution is -2.40. The van der Waals surface area contributed by atoms with Gasteiger partial charge in [0.25, 0.3) is 0 Å². The number of rotatable bonds is 10. The molecule has 0 saturated heterocycles. The summed E-state index contributed by atoms with van der Waals surface area (Å²) in [6.45, 7) is 8.23. The van der Waals surface area contributed by atoms with Crippen LogP contribution in [-0.4, -0.2) is 49.1 Å². The van der Waals surface area contributed by atoms with Crippen LogP contribution >= 0.6 is 0 Å². The van der Waals surface area contributed by atoms with E-state index in [2.05, 4.69) is 0 Å². The molecular formula is C16H30O6. The van der Waals surface area contributed by atoms with Gasteiger partial charge in [0.15, 0.2) is 0 Å². The number of carboxylic acid groups (broad SMARTS) is 1. The highest BCUT2D eigenvalue weighted by molar-refractivity contribution is 5.71. The topological polar surface area (TPSA) is 74.2 Å². The normalized spacial score (nSPS) is 27.0. The van der Waals surface area contributed by atoms with Gasteiger partial charge in [0.2, 0.25) is 0 Å². The summed E-state index contributed by atoms with van der Waals surface area (Å²) in [5, 5.41) is 9.39. The van der Waals surface area contributed by atoms with Crippen molar-refractivity contribution in [2.75, 3.05) is 13.6 Å². The van der Waals surface area contributed by atoms with Gasteiger partial charge in [-0.15, -0.1) is 0 Å². The smallest absolute Gasteiger partial charge is 0.309 e. The molecule has 130 valence electrons. The third-order valence-electron chi connectivity index (χ3n) is 3.97. The molecule has 22 heavy (non-hydrogen) atoms. The van der Waals surface area contributed by atoms with Crippen LogP contribution in [0.5, 0.6) is 0 Å². The van der Waals surface area contributed by atoms with Crippen molar-refractivity contribution in [3.8, 4) is 0 Å². The summed E-state index contributed by atoms with van der Waals surface area (Å²) >= 11 is 0. The Kier molecular flexibility index (Phi) is 8.93. The fourth-order valence-electron chi connectivity index (χ4n) is 2.35. The van der Waals surface area contributed by atoms with E-state index in [1.165, 1.54) is 0 Å². The molecule has 0 amide bonds. The maximum Gasteiger partial charge on any atom is 0.309 e. The quantitative estimate of drug-likeness (QED) is 0.624. The minimum absolute atomic E-state index is 0.0878. The maximum absolute atomic E-state index is 11.4. The van der Waals surface area contributed by atoms with Crippen LogP contribution in [0.2, 0.25) is 0 Å². The molecule has 4 unspecified atom stereocenters. The molecule has 4 atom stereocenters. The minimum Gasteiger partial charge on any atom is -0.481 e. The Morgan fingerprint density at radius 3 is 2.41 bits per heavy atom. The molecule has 6 nitrogen and oxygen atoms in total. The summed E-state index contributed by atoms with van der Waals surface area (Å²) in [6.07, 6.45) is 2.62. The monoisotopic (exact) mass is 318 g/mol. The summed E-state index contributed by atoms with van der Waals surface area (Å²) in [5.74, 6) is -1.40. The van der Waals surface area contributed by atoms with Crippen LogP contribution in [-0.2, 0) is 23.7 Å². The Morgan fingerprint density at radius 1 is 1.14 bits per heavy atom. The fourth-order valence-corrected chi connectivity index (χ4v) is 2.35. The molecule has 1 fully saturated rings. The summed E-state index contributed by atoms with van der Waals surface area (Å²) in [5.41, 5.74) is 0. The largest absolute Gasteiger partial charge is 0.481 e. The summed E-state index contributed by atoms with van der Waals surface area (Å²) in [4.78, 5) is 11.4. The molecule has 1 N–H and O–H groups in total. The zero-order valence-electron chi connectivity index (χ0n) is 14.1. The van der Waals surface area contributed by atoms with Crippen LogP contribution in [0.15, 0.2) is 0 Å². The molecule has 1 aliphatic carbocycles. The molecule has 0 aromatic rings. The number of hydrogen-bond acceptors (Lipinski definition) is 5. The molecule has 0 aromatic heterocycles. The van der Waals surface area contributed by atoms with Crippen molar-refractivity contribution in [2.24, 2.45) is 5.92 Å². The van der Waals surface area contributed by atoms with Crippen LogP contribution in [0, 0.1) is 5.92 Å². The van der Waals surface area contributed by atoms with Crippen LogP contribution in [0.1, 0.15) is 53.4 Å². The molecule has 1 rings (SSSR count). The van der Waals surface area contributed by atoms with E-state index in [9.17, 15) is 9.90 Å². The number of aliphatic carboxylic acids is 1. The van der Waals surface area contributed by atoms with Crippen molar-refractivity contribution in [1.82, 2.24) is 0 Å². The highest BCUT2D eigenvalue weighted by Gasteiger charge is 2.36. The van der Waals surface area contributed by atoms with Crippen molar-refractivity contribution >= 4 is 5.97 Å². The molecule has 1 aliphatic rings. The second-order valence-electron chi connectivity index (χ2n) is 6.09. The van der Waals surface area contributed by atoms with Crippen molar-refractivity contribution < 1.29 is 28.8 Å². The highest BCUT2D eigenvalue weighted by Crippen LogP contribution is 2.29. The van der Waals surface area contributed by atoms with Gasteiger partial charge in [-0.1, -0.05) is 6.92 Å². The molecule has 1 saturated carbocycles. The number of carboxylic acids is 1. The molecule has 0 heterocycles. The van der Waals surface area contributed by atoms with Gasteiger partial charge in [0.05, 0.1) is 30.3 Å². The van der Waals surface area contributed by atoms with E-state index in [4.69, 9.17) is 18.9 Å². The van der Waals surface area contributed by atoms with Gasteiger partial charge >= 0.3 is 5.97 Å². The molecule has 0 spiro atoms. The van der Waals surface area contributed by atoms with Gasteiger partial charge in [0, 0.05) is 0 Å². The van der Waals surface area contributed by atoms with Crippen LogP contribution in [0.25, 0.3) is 0 Å². The maximum atomic E-state index is 11.4. The fraction of sp³-hybridized carbons (Fsp3) is 0.938. The average Bonchev–Trinajstić information content (AvgIpc) is 2.47. The molecule has 0 aliphatic heterocycles. The second-order valence-corrected chi connectivity index (χ2v) is 6.09. The van der Waals surface area contributed by atoms with E-state index in [0.717, 1.165) is 12.8 Å². The molecule has 0 bridgehead atoms. The number of carbonyl (C=O) groups is 1.